The van der Waals surface area contributed by atoms with Crippen LogP contribution in [-0.2, 0) is 16.2 Å². The number of nitrogens with zero attached hydrogens (tertiary/aromatic N) is 1. The lowest BCUT2D eigenvalue weighted by Crippen LogP contribution is -2.30. The molecule has 0 spiro atoms. The van der Waals surface area contributed by atoms with Crippen LogP contribution in [0.1, 0.15) is 35.2 Å². The van der Waals surface area contributed by atoms with Gasteiger partial charge in [-0.1, -0.05) is 0 Å². The third-order valence-corrected chi connectivity index (χ3v) is 7.16. The van der Waals surface area contributed by atoms with E-state index in [1.165, 1.54) is 6.07 Å². The molecule has 1 aliphatic heterocycles. The molecule has 0 radical (unpaired) electrons. The number of hydrogen-bond donors (Lipinski definition) is 2. The summed E-state index contributed by atoms with van der Waals surface area (Å²) in [6.45, 7) is 1.23. The Morgan fingerprint density at radius 1 is 1.14 bits per heavy atom. The molecule has 11 heteroatoms. The Labute approximate surface area is 163 Å². The maximum absolute atomic E-state index is 13.1. The zero-order valence-electron chi connectivity index (χ0n) is 14.5. The van der Waals surface area contributed by atoms with Crippen molar-refractivity contribution in [1.29, 1.82) is 0 Å². The lowest BCUT2D eigenvalue weighted by atomic mass is 10.1. The molecule has 1 aliphatic rings. The maximum Gasteiger partial charge on any atom is 0.416 e. The van der Waals surface area contributed by atoms with Crippen molar-refractivity contribution in [3.8, 4) is 0 Å². The molecule has 0 saturated carbocycles. The molecule has 3 rings (SSSR count). The molecule has 0 aliphatic carbocycles. The van der Waals surface area contributed by atoms with Gasteiger partial charge in [-0.25, -0.2) is 13.2 Å². The van der Waals surface area contributed by atoms with Gasteiger partial charge in [-0.3, -0.25) is 4.72 Å². The molecule has 0 amide bonds. The largest absolute Gasteiger partial charge is 0.478 e. The standard InChI is InChI=1S/C17H17F3N2O4S2/c18-17(19,20)12-4-5-14(22-6-2-1-3-7-22)13(9-12)21-28(25,26)15-8-11(10-27-15)16(23)24/h4-5,8-10,21H,1-3,6-7H2,(H,23,24). The van der Waals surface area contributed by atoms with Gasteiger partial charge in [-0.05, 0) is 43.5 Å². The maximum atomic E-state index is 13.1. The summed E-state index contributed by atoms with van der Waals surface area (Å²) in [7, 11) is -4.24. The lowest BCUT2D eigenvalue weighted by molar-refractivity contribution is -0.137. The van der Waals surface area contributed by atoms with Crippen molar-refractivity contribution in [2.75, 3.05) is 22.7 Å². The smallest absolute Gasteiger partial charge is 0.416 e. The van der Waals surface area contributed by atoms with Gasteiger partial charge in [0.15, 0.2) is 0 Å². The highest BCUT2D eigenvalue weighted by Crippen LogP contribution is 2.37. The number of aromatic carboxylic acids is 1. The van der Waals surface area contributed by atoms with Crippen LogP contribution in [0.4, 0.5) is 24.5 Å². The van der Waals surface area contributed by atoms with Gasteiger partial charge in [-0.15, -0.1) is 11.3 Å². The van der Waals surface area contributed by atoms with Crippen molar-refractivity contribution in [2.24, 2.45) is 0 Å². The number of carboxylic acid groups (broad SMARTS) is 1. The first-order valence-electron chi connectivity index (χ1n) is 8.39. The normalized spacial score (nSPS) is 15.5. The van der Waals surface area contributed by atoms with Crippen molar-refractivity contribution < 1.29 is 31.5 Å². The number of anilines is 2. The zero-order chi connectivity index (χ0) is 20.5. The monoisotopic (exact) mass is 434 g/mol. The predicted molar refractivity (Wildman–Crippen MR) is 99.6 cm³/mol. The highest BCUT2D eigenvalue weighted by Gasteiger charge is 2.32. The van der Waals surface area contributed by atoms with Gasteiger partial charge in [0.05, 0.1) is 22.5 Å². The minimum atomic E-state index is -4.62. The molecule has 0 bridgehead atoms. The number of alkyl halides is 3. The number of hydrogen-bond acceptors (Lipinski definition) is 5. The van der Waals surface area contributed by atoms with E-state index in [-0.39, 0.29) is 15.5 Å². The molecule has 1 saturated heterocycles. The molecular weight excluding hydrogens is 417 g/mol. The fourth-order valence-corrected chi connectivity index (χ4v) is 5.19. The van der Waals surface area contributed by atoms with E-state index in [0.717, 1.165) is 42.8 Å². The van der Waals surface area contributed by atoms with E-state index in [0.29, 0.717) is 30.1 Å². The molecule has 28 heavy (non-hydrogen) atoms. The summed E-state index contributed by atoms with van der Waals surface area (Å²) in [5.74, 6) is -1.29. The topological polar surface area (TPSA) is 86.7 Å². The second-order valence-electron chi connectivity index (χ2n) is 6.34. The molecule has 0 unspecified atom stereocenters. The van der Waals surface area contributed by atoms with Gasteiger partial charge in [-0.2, -0.15) is 13.2 Å². The first-order chi connectivity index (χ1) is 13.1. The van der Waals surface area contributed by atoms with E-state index in [9.17, 15) is 26.4 Å². The quantitative estimate of drug-likeness (QED) is 0.735. The van der Waals surface area contributed by atoms with E-state index < -0.39 is 27.7 Å². The number of carboxylic acids is 1. The number of sulfonamides is 1. The summed E-state index contributed by atoms with van der Waals surface area (Å²) in [6, 6.07) is 3.94. The summed E-state index contributed by atoms with van der Waals surface area (Å²) in [5.41, 5.74) is -0.984. The van der Waals surface area contributed by atoms with Crippen LogP contribution in [0.2, 0.25) is 0 Å². The number of benzene rings is 1. The van der Waals surface area contributed by atoms with Gasteiger partial charge in [0, 0.05) is 18.5 Å². The zero-order valence-corrected chi connectivity index (χ0v) is 16.1. The molecule has 1 fully saturated rings. The van der Waals surface area contributed by atoms with Crippen LogP contribution in [0.3, 0.4) is 0 Å². The molecule has 6 nitrogen and oxygen atoms in total. The molecule has 1 aromatic carbocycles. The first kappa shape index (κ1) is 20.5. The van der Waals surface area contributed by atoms with Crippen LogP contribution in [-0.4, -0.2) is 32.6 Å². The van der Waals surface area contributed by atoms with E-state index >= 15 is 0 Å². The Balaban J connectivity index is 2.00. The average molecular weight is 434 g/mol. The summed E-state index contributed by atoms with van der Waals surface area (Å²) in [5, 5.41) is 10.1. The van der Waals surface area contributed by atoms with Gasteiger partial charge in [0.1, 0.15) is 4.21 Å². The fourth-order valence-electron chi connectivity index (χ4n) is 2.97. The van der Waals surface area contributed by atoms with Crippen LogP contribution in [0, 0.1) is 0 Å². The van der Waals surface area contributed by atoms with E-state index in [4.69, 9.17) is 5.11 Å². The highest BCUT2D eigenvalue weighted by atomic mass is 32.2. The Kier molecular flexibility index (Phi) is 5.57. The van der Waals surface area contributed by atoms with Crippen LogP contribution < -0.4 is 9.62 Å². The van der Waals surface area contributed by atoms with Crippen molar-refractivity contribution >= 4 is 38.7 Å². The Morgan fingerprint density at radius 3 is 2.39 bits per heavy atom. The first-order valence-corrected chi connectivity index (χ1v) is 10.7. The molecule has 1 aromatic heterocycles. The summed E-state index contributed by atoms with van der Waals surface area (Å²) in [4.78, 5) is 12.8. The molecule has 152 valence electrons. The minimum Gasteiger partial charge on any atom is -0.478 e. The van der Waals surface area contributed by atoms with Crippen molar-refractivity contribution in [3.63, 3.8) is 0 Å². The minimum absolute atomic E-state index is 0.179. The lowest BCUT2D eigenvalue weighted by Gasteiger charge is -2.31. The van der Waals surface area contributed by atoms with E-state index in [2.05, 4.69) is 4.72 Å². The predicted octanol–water partition coefficient (Wildman–Crippen LogP) is 4.26. The number of nitrogens with one attached hydrogen (secondary N) is 1. The molecular formula is C17H17F3N2O4S2. The average Bonchev–Trinajstić information content (AvgIpc) is 3.13. The van der Waals surface area contributed by atoms with Crippen LogP contribution in [0.15, 0.2) is 33.9 Å². The summed E-state index contributed by atoms with van der Waals surface area (Å²) >= 11 is 0.688. The second-order valence-corrected chi connectivity index (χ2v) is 9.16. The van der Waals surface area contributed by atoms with Crippen LogP contribution in [0.5, 0.6) is 0 Å². The highest BCUT2D eigenvalue weighted by molar-refractivity contribution is 7.94. The molecule has 2 heterocycles. The Morgan fingerprint density at radius 2 is 1.82 bits per heavy atom. The molecule has 2 aromatic rings. The SMILES string of the molecule is O=C(O)c1csc(S(=O)(=O)Nc2cc(C(F)(F)F)ccc2N2CCCCC2)c1. The number of rotatable bonds is 5. The number of thiophene rings is 1. The Hall–Kier alpha value is -2.27. The van der Waals surface area contributed by atoms with E-state index in [1.807, 2.05) is 4.90 Å². The van der Waals surface area contributed by atoms with Crippen LogP contribution in [0.25, 0.3) is 0 Å². The molecule has 2 N–H and O–H groups in total. The van der Waals surface area contributed by atoms with Crippen LogP contribution >= 0.6 is 11.3 Å². The summed E-state index contributed by atoms with van der Waals surface area (Å²) in [6.07, 6.45) is -1.90. The second kappa shape index (κ2) is 7.63. The van der Waals surface area contributed by atoms with Crippen molar-refractivity contribution in [2.45, 2.75) is 29.6 Å². The molecule has 0 atom stereocenters. The number of halogens is 3. The van der Waals surface area contributed by atoms with Gasteiger partial charge in [0.25, 0.3) is 10.0 Å². The van der Waals surface area contributed by atoms with Crippen molar-refractivity contribution in [1.82, 2.24) is 0 Å². The van der Waals surface area contributed by atoms with Crippen molar-refractivity contribution in [3.05, 3.63) is 40.8 Å². The van der Waals surface area contributed by atoms with Gasteiger partial charge < -0.3 is 10.0 Å². The van der Waals surface area contributed by atoms with Gasteiger partial charge in [0.2, 0.25) is 0 Å². The third-order valence-electron chi connectivity index (χ3n) is 4.35. The number of piperidine rings is 1. The van der Waals surface area contributed by atoms with E-state index in [1.54, 1.807) is 0 Å². The third kappa shape index (κ3) is 4.41. The summed E-state index contributed by atoms with van der Waals surface area (Å²) < 4.78 is 66.6. The van der Waals surface area contributed by atoms with Gasteiger partial charge >= 0.3 is 12.1 Å². The fraction of sp³-hybridized carbons (Fsp3) is 0.353. The number of carbonyl (C=O) groups is 1. The Bertz CT molecular complexity index is 981.